The number of nitrogens with zero attached hydrogens (tertiary/aromatic N) is 2. The first kappa shape index (κ1) is 25.8. The van der Waals surface area contributed by atoms with Gasteiger partial charge in [-0.2, -0.15) is 0 Å². The largest absolute Gasteiger partial charge is 0.488 e. The molecule has 1 aliphatic heterocycles. The zero-order valence-corrected chi connectivity index (χ0v) is 21.5. The first-order chi connectivity index (χ1) is 17.4. The minimum atomic E-state index is -0.532. The van der Waals surface area contributed by atoms with Crippen molar-refractivity contribution in [2.24, 2.45) is 0 Å². The third-order valence-corrected chi connectivity index (χ3v) is 6.63. The van der Waals surface area contributed by atoms with E-state index < -0.39 is 6.10 Å². The van der Waals surface area contributed by atoms with Gasteiger partial charge in [-0.1, -0.05) is 48.0 Å². The number of piperazine rings is 1. The number of nitrogens with two attached hydrogens (primary N) is 1. The van der Waals surface area contributed by atoms with E-state index in [-0.39, 0.29) is 11.7 Å². The van der Waals surface area contributed by atoms with E-state index in [1.165, 1.54) is 0 Å². The molecule has 1 unspecified atom stereocenters. The highest BCUT2D eigenvalue weighted by atomic mass is 35.5. The topological polar surface area (TPSA) is 89.7 Å². The van der Waals surface area contributed by atoms with Crippen LogP contribution in [-0.4, -0.2) is 48.6 Å². The van der Waals surface area contributed by atoms with Crippen molar-refractivity contribution in [3.63, 3.8) is 0 Å². The van der Waals surface area contributed by atoms with Gasteiger partial charge in [-0.3, -0.25) is 4.79 Å². The molecule has 1 atom stereocenters. The van der Waals surface area contributed by atoms with Gasteiger partial charge in [0.25, 0.3) is 5.91 Å². The van der Waals surface area contributed by atoms with Gasteiger partial charge in [0, 0.05) is 54.1 Å². The number of carbonyl (C=O) groups is 1. The summed E-state index contributed by atoms with van der Waals surface area (Å²) < 4.78 is 11.8. The molecule has 3 N–H and O–H groups in total. The average Bonchev–Trinajstić information content (AvgIpc) is 2.90. The molecule has 2 heterocycles. The van der Waals surface area contributed by atoms with Crippen molar-refractivity contribution in [1.82, 2.24) is 15.2 Å². The van der Waals surface area contributed by atoms with E-state index in [1.807, 2.05) is 42.2 Å². The molecule has 188 valence electrons. The van der Waals surface area contributed by atoms with Crippen LogP contribution in [0.3, 0.4) is 0 Å². The molecule has 0 radical (unpaired) electrons. The fraction of sp³-hybridized carbons (Fsp3) is 0.259. The number of amides is 1. The Balaban J connectivity index is 1.54. The van der Waals surface area contributed by atoms with Crippen molar-refractivity contribution in [2.75, 3.05) is 38.5 Å². The van der Waals surface area contributed by atoms with E-state index in [0.29, 0.717) is 52.4 Å². The van der Waals surface area contributed by atoms with E-state index in [2.05, 4.69) is 16.9 Å². The maximum atomic E-state index is 12.8. The lowest BCUT2D eigenvalue weighted by molar-refractivity contribution is 0.0736. The van der Waals surface area contributed by atoms with Gasteiger partial charge >= 0.3 is 0 Å². The normalized spacial score (nSPS) is 14.2. The Labute approximate surface area is 220 Å². The van der Waals surface area contributed by atoms with E-state index in [1.54, 1.807) is 24.4 Å². The standard InChI is InChI=1S/C27H28Cl2N4O3/c1-3-14-35-22-9-8-21(28)24(25(22)29)17(2)36-23-15-20(16-32-26(23)30)18-4-6-19(7-5-18)27(34)33-12-10-31-11-13-33/h3-9,15-17,31H,1,10-14H2,2H3,(H2,30,32). The molecule has 1 aromatic heterocycles. The van der Waals surface area contributed by atoms with E-state index in [9.17, 15) is 4.79 Å². The van der Waals surface area contributed by atoms with Crippen LogP contribution < -0.4 is 20.5 Å². The van der Waals surface area contributed by atoms with Crippen LogP contribution in [-0.2, 0) is 0 Å². The smallest absolute Gasteiger partial charge is 0.253 e. The van der Waals surface area contributed by atoms with Gasteiger partial charge < -0.3 is 25.4 Å². The summed E-state index contributed by atoms with van der Waals surface area (Å²) in [5.41, 5.74) is 9.03. The zero-order chi connectivity index (χ0) is 25.7. The summed E-state index contributed by atoms with van der Waals surface area (Å²) in [6.07, 6.45) is 2.77. The second-order valence-corrected chi connectivity index (χ2v) is 9.15. The van der Waals surface area contributed by atoms with Crippen molar-refractivity contribution in [3.05, 3.63) is 82.5 Å². The number of benzene rings is 2. The second-order valence-electron chi connectivity index (χ2n) is 8.36. The molecule has 3 aromatic rings. The number of nitrogen functional groups attached to an aromatic ring is 1. The van der Waals surface area contributed by atoms with Crippen LogP contribution in [0.15, 0.2) is 61.3 Å². The van der Waals surface area contributed by atoms with Gasteiger partial charge in [-0.25, -0.2) is 4.98 Å². The van der Waals surface area contributed by atoms with Crippen LogP contribution in [0.1, 0.15) is 28.9 Å². The number of aromatic nitrogens is 1. The summed E-state index contributed by atoms with van der Waals surface area (Å²) >= 11 is 13.0. The lowest BCUT2D eigenvalue weighted by Crippen LogP contribution is -2.46. The number of ether oxygens (including phenoxy) is 2. The molecule has 1 amide bonds. The maximum absolute atomic E-state index is 12.8. The minimum Gasteiger partial charge on any atom is -0.488 e. The Bertz CT molecular complexity index is 1240. The van der Waals surface area contributed by atoms with Crippen molar-refractivity contribution >= 4 is 34.9 Å². The Morgan fingerprint density at radius 2 is 1.89 bits per heavy atom. The van der Waals surface area contributed by atoms with Crippen LogP contribution in [0, 0.1) is 0 Å². The first-order valence-corrected chi connectivity index (χ1v) is 12.4. The van der Waals surface area contributed by atoms with Crippen LogP contribution >= 0.6 is 23.2 Å². The highest BCUT2D eigenvalue weighted by Gasteiger charge is 2.21. The Morgan fingerprint density at radius 1 is 1.17 bits per heavy atom. The maximum Gasteiger partial charge on any atom is 0.253 e. The molecule has 2 aromatic carbocycles. The van der Waals surface area contributed by atoms with Gasteiger partial charge in [-0.05, 0) is 42.8 Å². The van der Waals surface area contributed by atoms with E-state index in [0.717, 1.165) is 24.2 Å². The third kappa shape index (κ3) is 5.75. The molecular weight excluding hydrogens is 499 g/mol. The quantitative estimate of drug-likeness (QED) is 0.382. The molecule has 4 rings (SSSR count). The molecule has 0 bridgehead atoms. The summed E-state index contributed by atoms with van der Waals surface area (Å²) in [5.74, 6) is 1.15. The van der Waals surface area contributed by atoms with Crippen LogP contribution in [0.5, 0.6) is 11.5 Å². The number of nitrogens with one attached hydrogen (secondary N) is 1. The van der Waals surface area contributed by atoms with E-state index in [4.69, 9.17) is 38.4 Å². The summed E-state index contributed by atoms with van der Waals surface area (Å²) in [4.78, 5) is 18.9. The zero-order valence-electron chi connectivity index (χ0n) is 20.0. The SMILES string of the molecule is C=CCOc1ccc(Cl)c(C(C)Oc2cc(-c3ccc(C(=O)N4CCNCC4)cc3)cnc2N)c1Cl. The lowest BCUT2D eigenvalue weighted by Gasteiger charge is -2.27. The molecule has 36 heavy (non-hydrogen) atoms. The molecule has 7 nitrogen and oxygen atoms in total. The first-order valence-electron chi connectivity index (χ1n) is 11.6. The highest BCUT2D eigenvalue weighted by molar-refractivity contribution is 6.37. The third-order valence-electron chi connectivity index (χ3n) is 5.91. The van der Waals surface area contributed by atoms with E-state index >= 15 is 0 Å². The van der Waals surface area contributed by atoms with Crippen molar-refractivity contribution in [1.29, 1.82) is 0 Å². The molecule has 1 saturated heterocycles. The van der Waals surface area contributed by atoms with Crippen molar-refractivity contribution in [2.45, 2.75) is 13.0 Å². The van der Waals surface area contributed by atoms with Crippen LogP contribution in [0.25, 0.3) is 11.1 Å². The number of halogens is 2. The molecule has 1 fully saturated rings. The Morgan fingerprint density at radius 3 is 2.58 bits per heavy atom. The molecule has 1 aliphatic rings. The summed E-state index contributed by atoms with van der Waals surface area (Å²) in [6, 6.07) is 12.7. The van der Waals surface area contributed by atoms with Gasteiger partial charge in [0.1, 0.15) is 18.5 Å². The minimum absolute atomic E-state index is 0.0318. The fourth-order valence-electron chi connectivity index (χ4n) is 3.99. The molecule has 0 spiro atoms. The number of anilines is 1. The monoisotopic (exact) mass is 526 g/mol. The van der Waals surface area contributed by atoms with Gasteiger partial charge in [-0.15, -0.1) is 0 Å². The predicted molar refractivity (Wildman–Crippen MR) is 144 cm³/mol. The van der Waals surface area contributed by atoms with Gasteiger partial charge in [0.2, 0.25) is 0 Å². The summed E-state index contributed by atoms with van der Waals surface area (Å²) in [7, 11) is 0. The average molecular weight is 527 g/mol. The number of hydrogen-bond acceptors (Lipinski definition) is 6. The number of hydrogen-bond donors (Lipinski definition) is 2. The number of carbonyl (C=O) groups excluding carboxylic acids is 1. The highest BCUT2D eigenvalue weighted by Crippen LogP contribution is 2.40. The summed E-state index contributed by atoms with van der Waals surface area (Å²) in [6.45, 7) is 8.83. The van der Waals surface area contributed by atoms with Gasteiger partial charge in [0.05, 0.1) is 5.02 Å². The van der Waals surface area contributed by atoms with Crippen molar-refractivity contribution in [3.8, 4) is 22.6 Å². The fourth-order valence-corrected chi connectivity index (χ4v) is 4.73. The molecule has 9 heteroatoms. The predicted octanol–water partition coefficient (Wildman–Crippen LogP) is 5.39. The number of rotatable bonds is 8. The number of pyridine rings is 1. The van der Waals surface area contributed by atoms with Crippen LogP contribution in [0.4, 0.5) is 5.82 Å². The Hall–Kier alpha value is -3.26. The van der Waals surface area contributed by atoms with Crippen molar-refractivity contribution < 1.29 is 14.3 Å². The van der Waals surface area contributed by atoms with Crippen LogP contribution in [0.2, 0.25) is 10.0 Å². The lowest BCUT2D eigenvalue weighted by atomic mass is 10.0. The molecule has 0 aliphatic carbocycles. The van der Waals surface area contributed by atoms with Gasteiger partial charge in [0.15, 0.2) is 11.6 Å². The Kier molecular flexibility index (Phi) is 8.36. The molecule has 0 saturated carbocycles. The second kappa shape index (κ2) is 11.6. The summed E-state index contributed by atoms with van der Waals surface area (Å²) in [5, 5.41) is 4.07. The molecular formula is C27H28Cl2N4O3.